The van der Waals surface area contributed by atoms with Gasteiger partial charge in [-0.3, -0.25) is 0 Å². The van der Waals surface area contributed by atoms with Gasteiger partial charge in [0, 0.05) is 11.6 Å². The summed E-state index contributed by atoms with van der Waals surface area (Å²) in [5.41, 5.74) is 1.10. The fourth-order valence-corrected chi connectivity index (χ4v) is 7.10. The van der Waals surface area contributed by atoms with Crippen molar-refractivity contribution >= 4 is 23.1 Å². The van der Waals surface area contributed by atoms with Crippen LogP contribution in [0.15, 0.2) is 60.7 Å². The summed E-state index contributed by atoms with van der Waals surface area (Å²) in [4.78, 5) is 43.5. The van der Waals surface area contributed by atoms with Gasteiger partial charge in [-0.1, -0.05) is 48.6 Å². The van der Waals surface area contributed by atoms with E-state index in [4.69, 9.17) is 47.4 Å². The molecule has 10 unspecified atom stereocenters. The maximum atomic E-state index is 12.3. The van der Waals surface area contributed by atoms with Gasteiger partial charge in [-0.15, -0.1) is 48.2 Å². The second kappa shape index (κ2) is 20.7. The van der Waals surface area contributed by atoms with E-state index in [-0.39, 0.29) is 57.1 Å². The first-order valence-corrected chi connectivity index (χ1v) is 19.8. The first-order chi connectivity index (χ1) is 27.9. The standard InChI is InChI=1S/2C12H19O6.2C10H9O2.Ti/c2*1-11(2)14-5-6(16-11)8-7(13)9-10(15-8)18-12(3,4)17-9;2*1-8(11)7-10(12)9-5-3-2-4-6-9;/h2*6-10H,5H2,1-4H3;2*2-7H,1H3;/q4*-1;+4. The molecule has 6 heterocycles. The maximum absolute atomic E-state index is 12.3. The van der Waals surface area contributed by atoms with Crippen molar-refractivity contribution < 1.29 is 98.5 Å². The minimum Gasteiger partial charge on any atom is -0.848 e. The van der Waals surface area contributed by atoms with Crippen molar-refractivity contribution in [2.45, 2.75) is 154 Å². The Kier molecular flexibility index (Phi) is 17.2. The Labute approximate surface area is 372 Å². The first kappa shape index (κ1) is 50.7. The van der Waals surface area contributed by atoms with Crippen molar-refractivity contribution in [1.82, 2.24) is 0 Å². The summed E-state index contributed by atoms with van der Waals surface area (Å²) in [6, 6.07) is 17.4. The largest absolute Gasteiger partial charge is 4.00 e. The molecule has 0 aliphatic carbocycles. The van der Waals surface area contributed by atoms with E-state index < -0.39 is 72.4 Å². The molecule has 0 spiro atoms. The van der Waals surface area contributed by atoms with Crippen molar-refractivity contribution in [3.8, 4) is 0 Å². The van der Waals surface area contributed by atoms with Crippen LogP contribution in [0.4, 0.5) is 0 Å². The van der Waals surface area contributed by atoms with Crippen LogP contribution in [0.3, 0.4) is 0 Å². The van der Waals surface area contributed by atoms with E-state index in [2.05, 4.69) is 0 Å². The summed E-state index contributed by atoms with van der Waals surface area (Å²) in [6.45, 7) is 17.8. The molecule has 17 heteroatoms. The predicted octanol–water partition coefficient (Wildman–Crippen LogP) is 2.81. The number of carbonyl (C=O) groups is 4. The zero-order valence-electron chi connectivity index (χ0n) is 36.1. The van der Waals surface area contributed by atoms with Crippen molar-refractivity contribution in [1.29, 1.82) is 0 Å². The molecule has 2 aromatic rings. The number of Topliss-reactive ketones (excluding diaryl/α,β-unsaturated/α-hetero) is 4. The van der Waals surface area contributed by atoms with Crippen LogP contribution in [0.2, 0.25) is 0 Å². The number of hydrogen-bond donors (Lipinski definition) is 0. The minimum atomic E-state index is -1.01. The van der Waals surface area contributed by atoms with Gasteiger partial charge in [0.2, 0.25) is 0 Å². The maximum Gasteiger partial charge on any atom is 4.00 e. The van der Waals surface area contributed by atoms with Crippen molar-refractivity contribution in [2.75, 3.05) is 13.2 Å². The minimum absolute atomic E-state index is 0. The van der Waals surface area contributed by atoms with Gasteiger partial charge in [-0.25, -0.2) is 0 Å². The molecule has 16 nitrogen and oxygen atoms in total. The zero-order chi connectivity index (χ0) is 44.2. The molecular formula is C44H56O16Ti. The Morgan fingerprint density at radius 2 is 0.836 bits per heavy atom. The Morgan fingerprint density at radius 1 is 0.508 bits per heavy atom. The van der Waals surface area contributed by atoms with Gasteiger partial charge in [-0.2, -0.15) is 0 Å². The van der Waals surface area contributed by atoms with Gasteiger partial charge < -0.3 is 76.8 Å². The van der Waals surface area contributed by atoms with Crippen LogP contribution < -0.4 is 10.2 Å². The van der Waals surface area contributed by atoms with Gasteiger partial charge >= 0.3 is 21.7 Å². The van der Waals surface area contributed by atoms with Gasteiger partial charge in [0.25, 0.3) is 0 Å². The topological polar surface area (TPSA) is 207 Å². The zero-order valence-corrected chi connectivity index (χ0v) is 37.7. The smallest absolute Gasteiger partial charge is 0.848 e. The van der Waals surface area contributed by atoms with Crippen LogP contribution in [0, 0.1) is 12.8 Å². The Bertz CT molecular complexity index is 1660. The number of fused-ring (bicyclic) bond motifs is 2. The molecular weight excluding hydrogens is 832 g/mol. The van der Waals surface area contributed by atoms with Crippen LogP contribution in [-0.4, -0.2) is 121 Å². The van der Waals surface area contributed by atoms with E-state index in [0.29, 0.717) is 24.3 Å². The predicted molar refractivity (Wildman–Crippen MR) is 206 cm³/mol. The summed E-state index contributed by atoms with van der Waals surface area (Å²) in [5.74, 6) is -3.73. The molecule has 332 valence electrons. The van der Waals surface area contributed by atoms with E-state index in [9.17, 15) is 29.4 Å². The molecule has 6 saturated heterocycles. The van der Waals surface area contributed by atoms with Crippen molar-refractivity contribution in [3.63, 3.8) is 0 Å². The molecule has 0 saturated carbocycles. The average molecular weight is 889 g/mol. The normalized spacial score (nSPS) is 32.8. The fourth-order valence-electron chi connectivity index (χ4n) is 7.10. The van der Waals surface area contributed by atoms with E-state index in [1.54, 1.807) is 76.2 Å². The molecule has 0 aromatic heterocycles. The van der Waals surface area contributed by atoms with E-state index in [1.807, 2.05) is 39.8 Å². The van der Waals surface area contributed by atoms with Gasteiger partial charge in [0.05, 0.1) is 37.0 Å². The summed E-state index contributed by atoms with van der Waals surface area (Å²) in [6.07, 6.45) is -4.07. The van der Waals surface area contributed by atoms with Crippen molar-refractivity contribution in [2.24, 2.45) is 0 Å². The molecule has 6 aliphatic heterocycles. The fraction of sp³-hybridized carbons (Fsp3) is 0.591. The Morgan fingerprint density at radius 3 is 1.10 bits per heavy atom. The Hall–Kier alpha value is -2.91. The average Bonchev–Trinajstić information content (AvgIpc) is 3.98. The molecule has 8 rings (SSSR count). The van der Waals surface area contributed by atoms with Crippen LogP contribution in [0.1, 0.15) is 90.0 Å². The first-order valence-electron chi connectivity index (χ1n) is 19.8. The third kappa shape index (κ3) is 14.0. The quantitative estimate of drug-likeness (QED) is 0.162. The van der Waals surface area contributed by atoms with E-state index in [1.165, 1.54) is 13.8 Å². The van der Waals surface area contributed by atoms with E-state index in [0.717, 1.165) is 12.8 Å². The summed E-state index contributed by atoms with van der Waals surface area (Å²) >= 11 is 0. The molecule has 0 amide bonds. The molecule has 61 heavy (non-hydrogen) atoms. The third-order valence-electron chi connectivity index (χ3n) is 9.63. The third-order valence-corrected chi connectivity index (χ3v) is 9.63. The second-order valence-electron chi connectivity index (χ2n) is 16.8. The molecule has 0 radical (unpaired) electrons. The molecule has 6 fully saturated rings. The molecule has 0 N–H and O–H groups in total. The summed E-state index contributed by atoms with van der Waals surface area (Å²) in [5, 5.41) is 24.6. The van der Waals surface area contributed by atoms with Crippen LogP contribution in [-0.2, 0) is 78.7 Å². The Balaban J connectivity index is 0.000000182. The van der Waals surface area contributed by atoms with Crippen LogP contribution in [0.5, 0.6) is 0 Å². The number of benzene rings is 2. The number of rotatable bonds is 8. The number of ether oxygens (including phenoxy) is 10. The molecule has 10 atom stereocenters. The van der Waals surface area contributed by atoms with Crippen LogP contribution in [0.25, 0.3) is 0 Å². The number of carbonyl (C=O) groups excluding carboxylic acids is 4. The van der Waals surface area contributed by atoms with Gasteiger partial charge in [-0.05, 0) is 69.2 Å². The molecule has 6 aliphatic rings. The van der Waals surface area contributed by atoms with E-state index >= 15 is 0 Å². The second-order valence-corrected chi connectivity index (χ2v) is 16.8. The number of hydrogen-bond acceptors (Lipinski definition) is 16. The number of ketones is 4. The van der Waals surface area contributed by atoms with Crippen LogP contribution >= 0.6 is 0 Å². The summed E-state index contributed by atoms with van der Waals surface area (Å²) in [7, 11) is 0. The summed E-state index contributed by atoms with van der Waals surface area (Å²) < 4.78 is 55.8. The van der Waals surface area contributed by atoms with Gasteiger partial charge in [0.15, 0.2) is 35.7 Å². The molecule has 2 aromatic carbocycles. The molecule has 0 bridgehead atoms. The van der Waals surface area contributed by atoms with Gasteiger partial charge in [0.1, 0.15) is 24.4 Å². The SMILES string of the molecule is CC(=O)[CH-]C(=O)c1ccccc1.CC(=O)[CH-]C(=O)c1ccccc1.CC1(C)OCC(C2OC3OC(C)(C)OC3C2[O-])O1.CC1(C)OCC(C2OC3OC(C)(C)OC3C2[O-])O1.[Ti+4]. The van der Waals surface area contributed by atoms with Crippen molar-refractivity contribution in [3.05, 3.63) is 84.6 Å². The monoisotopic (exact) mass is 888 g/mol.